The van der Waals surface area contributed by atoms with Crippen LogP contribution in [0.25, 0.3) is 22.6 Å². The number of carboxylic acid groups (broad SMARTS) is 1. The summed E-state index contributed by atoms with van der Waals surface area (Å²) in [6.07, 6.45) is 1.68. The van der Waals surface area contributed by atoms with Crippen LogP contribution in [-0.4, -0.2) is 57.3 Å². The van der Waals surface area contributed by atoms with Crippen LogP contribution in [-0.2, 0) is 4.74 Å². The number of carboxylic acids is 1. The van der Waals surface area contributed by atoms with Crippen molar-refractivity contribution in [1.82, 2.24) is 19.9 Å². The number of nitrogens with one attached hydrogen (secondary N) is 1. The second-order valence-corrected chi connectivity index (χ2v) is 7.50. The van der Waals surface area contributed by atoms with Crippen molar-refractivity contribution in [3.63, 3.8) is 0 Å². The highest BCUT2D eigenvalue weighted by Gasteiger charge is 2.14. The number of hydrogen-bond donors (Lipinski definition) is 2. The number of ether oxygens (including phenoxy) is 2. The van der Waals surface area contributed by atoms with E-state index in [0.29, 0.717) is 28.3 Å². The zero-order chi connectivity index (χ0) is 22.1. The minimum atomic E-state index is -1.01. The summed E-state index contributed by atoms with van der Waals surface area (Å²) in [6.45, 7) is 4.99. The van der Waals surface area contributed by atoms with E-state index in [9.17, 15) is 9.90 Å². The molecule has 2 aromatic carbocycles. The van der Waals surface area contributed by atoms with Gasteiger partial charge in [0.1, 0.15) is 5.75 Å². The first-order valence-electron chi connectivity index (χ1n) is 10.2. The van der Waals surface area contributed by atoms with E-state index in [2.05, 4.69) is 37.0 Å². The molecular weight excluding hydrogens is 410 g/mol. The second-order valence-electron chi connectivity index (χ2n) is 7.50. The number of nitrogens with zero attached hydrogens (tertiary/aromatic N) is 4. The van der Waals surface area contributed by atoms with Gasteiger partial charge in [0.25, 0.3) is 0 Å². The molecule has 2 aromatic heterocycles. The van der Waals surface area contributed by atoms with Gasteiger partial charge in [-0.25, -0.2) is 14.8 Å². The molecule has 9 nitrogen and oxygen atoms in total. The van der Waals surface area contributed by atoms with Crippen molar-refractivity contribution in [2.24, 2.45) is 0 Å². The maximum absolute atomic E-state index is 11.3. The second kappa shape index (κ2) is 8.27. The lowest BCUT2D eigenvalue weighted by Gasteiger charge is -2.28. The minimum Gasteiger partial charge on any atom is -0.478 e. The summed E-state index contributed by atoms with van der Waals surface area (Å²) in [5.41, 5.74) is 4.53. The smallest absolute Gasteiger partial charge is 0.336 e. The van der Waals surface area contributed by atoms with Crippen LogP contribution in [0.5, 0.6) is 11.8 Å². The Morgan fingerprint density at radius 3 is 2.66 bits per heavy atom. The fourth-order valence-corrected chi connectivity index (χ4v) is 3.63. The molecule has 4 aromatic rings. The highest BCUT2D eigenvalue weighted by molar-refractivity contribution is 5.89. The lowest BCUT2D eigenvalue weighted by molar-refractivity contribution is 0.0695. The summed E-state index contributed by atoms with van der Waals surface area (Å²) in [7, 11) is 0. The van der Waals surface area contributed by atoms with E-state index >= 15 is 0 Å². The number of anilines is 1. The van der Waals surface area contributed by atoms with Gasteiger partial charge in [-0.3, -0.25) is 4.98 Å². The monoisotopic (exact) mass is 431 g/mol. The number of H-pyrrole nitrogens is 1. The van der Waals surface area contributed by atoms with Gasteiger partial charge in [-0.05, 0) is 36.8 Å². The number of hydrogen-bond acceptors (Lipinski definition) is 7. The van der Waals surface area contributed by atoms with Crippen LogP contribution in [0, 0.1) is 6.92 Å². The van der Waals surface area contributed by atoms with Gasteiger partial charge >= 0.3 is 12.0 Å². The molecule has 0 radical (unpaired) electrons. The first kappa shape index (κ1) is 20.0. The van der Waals surface area contributed by atoms with Crippen LogP contribution in [0.15, 0.2) is 48.7 Å². The molecule has 1 aliphatic rings. The molecule has 162 valence electrons. The summed E-state index contributed by atoms with van der Waals surface area (Å²) in [4.78, 5) is 30.0. The van der Waals surface area contributed by atoms with Gasteiger partial charge in [0.2, 0.25) is 5.65 Å². The Morgan fingerprint density at radius 1 is 1.12 bits per heavy atom. The largest absolute Gasteiger partial charge is 0.478 e. The SMILES string of the molecule is Cc1ccc(Oc2nc3nc(-c4ccc(N5CCOCC5)cc4)cnc3[nH]2)cc1C(=O)O. The summed E-state index contributed by atoms with van der Waals surface area (Å²) in [6, 6.07) is 13.2. The van der Waals surface area contributed by atoms with Crippen LogP contribution < -0.4 is 9.64 Å². The quantitative estimate of drug-likeness (QED) is 0.492. The third kappa shape index (κ3) is 3.97. The maximum atomic E-state index is 11.3. The van der Waals surface area contributed by atoms with Crippen molar-refractivity contribution >= 4 is 23.0 Å². The number of rotatable bonds is 5. The Bertz CT molecular complexity index is 1280. The number of aromatic amines is 1. The lowest BCUT2D eigenvalue weighted by Crippen LogP contribution is -2.36. The van der Waals surface area contributed by atoms with Crippen LogP contribution >= 0.6 is 0 Å². The molecule has 5 rings (SSSR count). The Hall–Kier alpha value is -3.98. The molecule has 9 heteroatoms. The highest BCUT2D eigenvalue weighted by Crippen LogP contribution is 2.26. The van der Waals surface area contributed by atoms with Crippen molar-refractivity contribution < 1.29 is 19.4 Å². The van der Waals surface area contributed by atoms with E-state index < -0.39 is 5.97 Å². The Kier molecular flexibility index (Phi) is 5.16. The van der Waals surface area contributed by atoms with E-state index in [1.54, 1.807) is 25.3 Å². The van der Waals surface area contributed by atoms with Crippen molar-refractivity contribution in [1.29, 1.82) is 0 Å². The number of aromatic nitrogens is 4. The van der Waals surface area contributed by atoms with Crippen LogP contribution in [0.4, 0.5) is 5.69 Å². The zero-order valence-electron chi connectivity index (χ0n) is 17.4. The number of aryl methyl sites for hydroxylation is 1. The first-order chi connectivity index (χ1) is 15.6. The molecule has 0 saturated carbocycles. The zero-order valence-corrected chi connectivity index (χ0v) is 17.4. The van der Waals surface area contributed by atoms with Gasteiger partial charge in [0, 0.05) is 24.3 Å². The molecule has 0 bridgehead atoms. The van der Waals surface area contributed by atoms with Gasteiger partial charge in [-0.2, -0.15) is 4.98 Å². The van der Waals surface area contributed by atoms with E-state index in [1.807, 2.05) is 12.1 Å². The number of morpholine rings is 1. The van der Waals surface area contributed by atoms with E-state index in [4.69, 9.17) is 9.47 Å². The van der Waals surface area contributed by atoms with Gasteiger partial charge in [0.05, 0.1) is 30.7 Å². The molecule has 0 atom stereocenters. The van der Waals surface area contributed by atoms with E-state index in [0.717, 1.165) is 37.6 Å². The van der Waals surface area contributed by atoms with Crippen molar-refractivity contribution in [2.75, 3.05) is 31.2 Å². The van der Waals surface area contributed by atoms with Gasteiger partial charge < -0.3 is 19.5 Å². The molecule has 3 heterocycles. The molecule has 0 spiro atoms. The van der Waals surface area contributed by atoms with Crippen molar-refractivity contribution in [2.45, 2.75) is 6.92 Å². The molecule has 2 N–H and O–H groups in total. The highest BCUT2D eigenvalue weighted by atomic mass is 16.5. The van der Waals surface area contributed by atoms with Crippen molar-refractivity contribution in [3.8, 4) is 23.0 Å². The third-order valence-electron chi connectivity index (χ3n) is 5.38. The first-order valence-corrected chi connectivity index (χ1v) is 10.2. The standard InChI is InChI=1S/C23H21N5O4/c1-14-2-7-17(12-18(14)22(29)30)32-23-26-20-21(27-23)25-19(13-24-20)15-3-5-16(6-4-15)28-8-10-31-11-9-28/h2-7,12-13H,8-11H2,1H3,(H,29,30)(H,24,25,26,27). The predicted molar refractivity (Wildman–Crippen MR) is 118 cm³/mol. The summed E-state index contributed by atoms with van der Waals surface area (Å²) < 4.78 is 11.1. The number of fused-ring (bicyclic) bond motifs is 1. The molecule has 0 unspecified atom stereocenters. The molecule has 0 amide bonds. The van der Waals surface area contributed by atoms with Gasteiger partial charge in [-0.15, -0.1) is 0 Å². The van der Waals surface area contributed by atoms with Gasteiger partial charge in [0.15, 0.2) is 5.65 Å². The summed E-state index contributed by atoms with van der Waals surface area (Å²) in [5, 5.41) is 9.29. The van der Waals surface area contributed by atoms with E-state index in [-0.39, 0.29) is 11.6 Å². The number of imidazole rings is 1. The topological polar surface area (TPSA) is 113 Å². The molecule has 1 saturated heterocycles. The fourth-order valence-electron chi connectivity index (χ4n) is 3.63. The normalized spacial score (nSPS) is 14.0. The van der Waals surface area contributed by atoms with Crippen LogP contribution in [0.1, 0.15) is 15.9 Å². The van der Waals surface area contributed by atoms with E-state index in [1.165, 1.54) is 6.07 Å². The van der Waals surface area contributed by atoms with Gasteiger partial charge in [-0.1, -0.05) is 18.2 Å². The molecule has 0 aliphatic carbocycles. The minimum absolute atomic E-state index is 0.178. The lowest BCUT2D eigenvalue weighted by atomic mass is 10.1. The summed E-state index contributed by atoms with van der Waals surface area (Å²) >= 11 is 0. The Balaban J connectivity index is 1.37. The predicted octanol–water partition coefficient (Wildman–Crippen LogP) is 3.66. The van der Waals surface area contributed by atoms with Crippen LogP contribution in [0.3, 0.4) is 0 Å². The molecule has 32 heavy (non-hydrogen) atoms. The molecule has 1 fully saturated rings. The average Bonchev–Trinajstić information content (AvgIpc) is 3.22. The van der Waals surface area contributed by atoms with Crippen LogP contribution in [0.2, 0.25) is 0 Å². The number of carbonyl (C=O) groups is 1. The number of benzene rings is 2. The Morgan fingerprint density at radius 2 is 1.91 bits per heavy atom. The fraction of sp³-hybridized carbons (Fsp3) is 0.217. The summed E-state index contributed by atoms with van der Waals surface area (Å²) in [5.74, 6) is -0.642. The third-order valence-corrected chi connectivity index (χ3v) is 5.38. The molecular formula is C23H21N5O4. The molecule has 1 aliphatic heterocycles. The number of aromatic carboxylic acids is 1. The average molecular weight is 431 g/mol. The van der Waals surface area contributed by atoms with Crippen molar-refractivity contribution in [3.05, 3.63) is 59.8 Å². The maximum Gasteiger partial charge on any atom is 0.336 e. The Labute approximate surface area is 183 Å².